The molecule has 0 aliphatic carbocycles. The van der Waals surface area contributed by atoms with Crippen LogP contribution in [0.3, 0.4) is 0 Å². The third-order valence-electron chi connectivity index (χ3n) is 1.58. The van der Waals surface area contributed by atoms with Gasteiger partial charge in [0, 0.05) is 6.20 Å². The molecular weight excluding hydrogens is 206 g/mol. The molecule has 1 aromatic heterocycles. The van der Waals surface area contributed by atoms with E-state index >= 15 is 0 Å². The van der Waals surface area contributed by atoms with Crippen molar-refractivity contribution in [3.63, 3.8) is 0 Å². The number of aliphatic hydroxyl groups is 1. The molecule has 0 spiro atoms. The summed E-state index contributed by atoms with van der Waals surface area (Å²) in [6, 6.07) is 0. The molecule has 0 aromatic carbocycles. The van der Waals surface area contributed by atoms with E-state index in [4.69, 9.17) is 10.2 Å². The van der Waals surface area contributed by atoms with Crippen LogP contribution in [0.5, 0.6) is 0 Å². The first kappa shape index (κ1) is 11.0. The van der Waals surface area contributed by atoms with Gasteiger partial charge in [0.25, 0.3) is 5.91 Å². The molecule has 0 saturated heterocycles. The van der Waals surface area contributed by atoms with Crippen molar-refractivity contribution in [2.45, 2.75) is 6.10 Å². The number of aliphatic hydroxyl groups excluding tert-OH is 1. The summed E-state index contributed by atoms with van der Waals surface area (Å²) in [6.07, 6.45) is -0.523. The molecule has 82 valence electrons. The van der Waals surface area contributed by atoms with Crippen LogP contribution < -0.4 is 11.0 Å². The molecule has 8 nitrogen and oxygen atoms in total. The van der Waals surface area contributed by atoms with Gasteiger partial charge in [-0.2, -0.15) is 0 Å². The molecule has 0 fully saturated rings. The second-order valence-electron chi connectivity index (χ2n) is 2.72. The number of amides is 1. The Bertz CT molecular complexity index is 420. The van der Waals surface area contributed by atoms with Gasteiger partial charge in [-0.25, -0.2) is 9.59 Å². The number of H-pyrrole nitrogens is 2. The molecule has 1 aromatic rings. The van der Waals surface area contributed by atoms with Crippen LogP contribution in [0.15, 0.2) is 11.0 Å². The van der Waals surface area contributed by atoms with Gasteiger partial charge in [0.1, 0.15) is 5.69 Å². The lowest BCUT2D eigenvalue weighted by atomic mass is 10.3. The van der Waals surface area contributed by atoms with Gasteiger partial charge >= 0.3 is 11.7 Å². The van der Waals surface area contributed by atoms with Crippen LogP contribution in [-0.4, -0.2) is 44.7 Å². The van der Waals surface area contributed by atoms with Crippen LogP contribution in [0.1, 0.15) is 10.5 Å². The molecule has 8 heteroatoms. The van der Waals surface area contributed by atoms with Crippen LogP contribution in [-0.2, 0) is 4.79 Å². The van der Waals surface area contributed by atoms with E-state index in [-0.39, 0.29) is 5.69 Å². The number of aromatic amines is 2. The van der Waals surface area contributed by atoms with Crippen LogP contribution in [0, 0.1) is 0 Å². The largest absolute Gasteiger partial charge is 0.479 e. The Morgan fingerprint density at radius 1 is 1.53 bits per heavy atom. The monoisotopic (exact) mass is 215 g/mol. The van der Waals surface area contributed by atoms with Crippen molar-refractivity contribution in [3.05, 3.63) is 22.4 Å². The van der Waals surface area contributed by atoms with E-state index in [2.05, 4.69) is 15.3 Å². The number of carboxylic acid groups (broad SMARTS) is 1. The first-order chi connectivity index (χ1) is 7.00. The maximum atomic E-state index is 11.2. The van der Waals surface area contributed by atoms with E-state index < -0.39 is 30.2 Å². The lowest BCUT2D eigenvalue weighted by molar-refractivity contribution is -0.146. The number of hydrogen-bond acceptors (Lipinski definition) is 4. The third kappa shape index (κ3) is 2.95. The maximum Gasteiger partial charge on any atom is 0.334 e. The summed E-state index contributed by atoms with van der Waals surface area (Å²) in [5, 5.41) is 19.3. The first-order valence-corrected chi connectivity index (χ1v) is 3.97. The van der Waals surface area contributed by atoms with Crippen molar-refractivity contribution in [3.8, 4) is 0 Å². The molecule has 5 N–H and O–H groups in total. The van der Waals surface area contributed by atoms with Crippen molar-refractivity contribution in [1.29, 1.82) is 0 Å². The molecule has 0 bridgehead atoms. The summed E-state index contributed by atoms with van der Waals surface area (Å²) < 4.78 is 0. The Morgan fingerprint density at radius 2 is 2.20 bits per heavy atom. The van der Waals surface area contributed by atoms with Gasteiger partial charge in [0.2, 0.25) is 0 Å². The van der Waals surface area contributed by atoms with Crippen LogP contribution in [0.4, 0.5) is 0 Å². The molecule has 0 radical (unpaired) electrons. The minimum Gasteiger partial charge on any atom is -0.479 e. The van der Waals surface area contributed by atoms with Gasteiger partial charge in [-0.15, -0.1) is 0 Å². The Morgan fingerprint density at radius 3 is 2.67 bits per heavy atom. The number of imidazole rings is 1. The van der Waals surface area contributed by atoms with Gasteiger partial charge in [-0.1, -0.05) is 0 Å². The molecule has 0 aliphatic rings. The fourth-order valence-corrected chi connectivity index (χ4v) is 0.826. The van der Waals surface area contributed by atoms with Crippen LogP contribution in [0.2, 0.25) is 0 Å². The van der Waals surface area contributed by atoms with E-state index in [1.165, 1.54) is 0 Å². The van der Waals surface area contributed by atoms with Crippen molar-refractivity contribution >= 4 is 11.9 Å². The normalized spacial score (nSPS) is 12.1. The summed E-state index contributed by atoms with van der Waals surface area (Å²) in [6.45, 7) is -0.429. The summed E-state index contributed by atoms with van der Waals surface area (Å²) in [7, 11) is 0. The highest BCUT2D eigenvalue weighted by Gasteiger charge is 2.15. The number of carbonyl (C=O) groups is 2. The van der Waals surface area contributed by atoms with Gasteiger partial charge in [0.15, 0.2) is 6.10 Å². The predicted molar refractivity (Wildman–Crippen MR) is 47.4 cm³/mol. The van der Waals surface area contributed by atoms with E-state index in [0.29, 0.717) is 0 Å². The number of hydrogen-bond donors (Lipinski definition) is 5. The third-order valence-corrected chi connectivity index (χ3v) is 1.58. The molecular formula is C7H9N3O5. The average molecular weight is 215 g/mol. The van der Waals surface area contributed by atoms with Crippen molar-refractivity contribution < 1.29 is 19.8 Å². The predicted octanol–water partition coefficient (Wildman–Crippen LogP) is -2.12. The Hall–Kier alpha value is -2.09. The van der Waals surface area contributed by atoms with Crippen LogP contribution >= 0.6 is 0 Å². The number of aliphatic carboxylic acids is 1. The number of rotatable bonds is 4. The van der Waals surface area contributed by atoms with Crippen LogP contribution in [0.25, 0.3) is 0 Å². The lowest BCUT2D eigenvalue weighted by Gasteiger charge is -2.05. The highest BCUT2D eigenvalue weighted by Crippen LogP contribution is 1.88. The molecule has 1 heterocycles. The van der Waals surface area contributed by atoms with E-state index in [9.17, 15) is 14.4 Å². The Balaban J connectivity index is 2.50. The molecule has 1 rings (SSSR count). The summed E-state index contributed by atoms with van der Waals surface area (Å²) in [5.41, 5.74) is -0.573. The van der Waals surface area contributed by atoms with Crippen molar-refractivity contribution in [2.24, 2.45) is 0 Å². The number of aromatic nitrogens is 2. The molecule has 0 saturated carbocycles. The second-order valence-corrected chi connectivity index (χ2v) is 2.72. The average Bonchev–Trinajstić information content (AvgIpc) is 2.60. The topological polar surface area (TPSA) is 135 Å². The zero-order valence-electron chi connectivity index (χ0n) is 7.48. The Kier molecular flexibility index (Phi) is 3.24. The number of carboxylic acids is 1. The first-order valence-electron chi connectivity index (χ1n) is 3.97. The zero-order chi connectivity index (χ0) is 11.4. The van der Waals surface area contributed by atoms with Gasteiger partial charge < -0.3 is 25.5 Å². The molecule has 1 atom stereocenters. The fraction of sp³-hybridized carbons (Fsp3) is 0.286. The second kappa shape index (κ2) is 4.42. The minimum absolute atomic E-state index is 0.0300. The highest BCUT2D eigenvalue weighted by atomic mass is 16.4. The highest BCUT2D eigenvalue weighted by molar-refractivity contribution is 5.92. The molecule has 0 aliphatic heterocycles. The number of nitrogens with one attached hydrogen (secondary N) is 3. The number of carbonyl (C=O) groups excluding carboxylic acids is 1. The zero-order valence-corrected chi connectivity index (χ0v) is 7.48. The van der Waals surface area contributed by atoms with Crippen molar-refractivity contribution in [1.82, 2.24) is 15.3 Å². The standard InChI is InChI=1S/C7H9N3O5/c11-4(6(13)14)2-8-5(12)3-1-9-7(15)10-3/h1,4,11H,2H2,(H,8,12)(H,13,14)(H2,9,10,15)/t4-/m0/s1. The van der Waals surface area contributed by atoms with E-state index in [1.807, 2.05) is 0 Å². The minimum atomic E-state index is -1.67. The summed E-state index contributed by atoms with van der Waals surface area (Å²) in [5.74, 6) is -2.11. The van der Waals surface area contributed by atoms with E-state index in [1.54, 1.807) is 0 Å². The van der Waals surface area contributed by atoms with Gasteiger partial charge in [-0.05, 0) is 0 Å². The summed E-state index contributed by atoms with van der Waals surface area (Å²) >= 11 is 0. The molecule has 0 unspecified atom stereocenters. The molecule has 1 amide bonds. The SMILES string of the molecule is O=C(NC[C@H](O)C(=O)O)c1c[nH]c(=O)[nH]1. The maximum absolute atomic E-state index is 11.2. The van der Waals surface area contributed by atoms with E-state index in [0.717, 1.165) is 6.20 Å². The fourth-order valence-electron chi connectivity index (χ4n) is 0.826. The van der Waals surface area contributed by atoms with Crippen molar-refractivity contribution in [2.75, 3.05) is 6.54 Å². The molecule has 15 heavy (non-hydrogen) atoms. The van der Waals surface area contributed by atoms with Gasteiger partial charge in [0.05, 0.1) is 6.54 Å². The Labute approximate surface area is 82.9 Å². The summed E-state index contributed by atoms with van der Waals surface area (Å²) in [4.78, 5) is 36.4. The quantitative estimate of drug-likeness (QED) is 0.391. The van der Waals surface area contributed by atoms with Gasteiger partial charge in [-0.3, -0.25) is 4.79 Å². The smallest absolute Gasteiger partial charge is 0.334 e. The lowest BCUT2D eigenvalue weighted by Crippen LogP contribution is -2.36.